The summed E-state index contributed by atoms with van der Waals surface area (Å²) < 4.78 is 0. The third kappa shape index (κ3) is 4.60. The SMILES string of the molecule is N#C/C(=C(/N)Sc1ccccc1N)c1cccc(C(O)c2cccc([N+](=O)[O-])c2)c1. The molecule has 0 aliphatic heterocycles. The fourth-order valence-electron chi connectivity index (χ4n) is 2.87. The van der Waals surface area contributed by atoms with Crippen LogP contribution in [0, 0.1) is 21.4 Å². The lowest BCUT2D eigenvalue weighted by Crippen LogP contribution is -2.03. The number of non-ortho nitro benzene ring substituents is 1. The average molecular weight is 418 g/mol. The Morgan fingerprint density at radius 2 is 1.73 bits per heavy atom. The summed E-state index contributed by atoms with van der Waals surface area (Å²) in [7, 11) is 0. The van der Waals surface area contributed by atoms with Crippen molar-refractivity contribution in [1.29, 1.82) is 5.26 Å². The van der Waals surface area contributed by atoms with Crippen LogP contribution in [0.2, 0.25) is 0 Å². The zero-order chi connectivity index (χ0) is 21.7. The van der Waals surface area contributed by atoms with Crippen molar-refractivity contribution in [2.75, 3.05) is 5.73 Å². The number of nitrogen functional groups attached to an aromatic ring is 1. The smallest absolute Gasteiger partial charge is 0.269 e. The molecule has 0 aliphatic rings. The molecular weight excluding hydrogens is 400 g/mol. The predicted molar refractivity (Wildman–Crippen MR) is 117 cm³/mol. The molecule has 8 heteroatoms. The number of hydrogen-bond donors (Lipinski definition) is 3. The molecule has 3 rings (SSSR count). The molecule has 1 unspecified atom stereocenters. The molecule has 1 atom stereocenters. The van der Waals surface area contributed by atoms with Gasteiger partial charge < -0.3 is 16.6 Å². The number of aliphatic hydroxyl groups excluding tert-OH is 1. The number of hydrogen-bond acceptors (Lipinski definition) is 7. The molecule has 0 bridgehead atoms. The van der Waals surface area contributed by atoms with Gasteiger partial charge in [-0.25, -0.2) is 0 Å². The van der Waals surface area contributed by atoms with Crippen LogP contribution in [-0.2, 0) is 0 Å². The van der Waals surface area contributed by atoms with Crippen LogP contribution in [-0.4, -0.2) is 10.0 Å². The molecule has 0 aliphatic carbocycles. The first-order valence-electron chi connectivity index (χ1n) is 8.85. The van der Waals surface area contributed by atoms with Gasteiger partial charge in [0.05, 0.1) is 15.5 Å². The predicted octanol–water partition coefficient (Wildman–Crippen LogP) is 4.20. The van der Waals surface area contributed by atoms with Crippen molar-refractivity contribution < 1.29 is 10.0 Å². The van der Waals surface area contributed by atoms with E-state index in [0.29, 0.717) is 22.4 Å². The molecule has 7 nitrogen and oxygen atoms in total. The van der Waals surface area contributed by atoms with Crippen LogP contribution in [0.15, 0.2) is 82.7 Å². The van der Waals surface area contributed by atoms with Gasteiger partial charge in [-0.1, -0.05) is 54.2 Å². The summed E-state index contributed by atoms with van der Waals surface area (Å²) in [6, 6.07) is 21.8. The van der Waals surface area contributed by atoms with E-state index >= 15 is 0 Å². The Kier molecular flexibility index (Phi) is 6.37. The number of nitro benzene ring substituents is 1. The van der Waals surface area contributed by atoms with E-state index in [4.69, 9.17) is 11.5 Å². The lowest BCUT2D eigenvalue weighted by Gasteiger charge is -2.13. The quantitative estimate of drug-likeness (QED) is 0.179. The standard InChI is InChI=1S/C22H18N4O3S/c23-13-18(22(25)30-20-10-2-1-9-19(20)24)14-5-3-6-15(11-14)21(27)16-7-4-8-17(12-16)26(28)29/h1-12,21,27H,24-25H2/b22-18+. The Bertz CT molecular complexity index is 1170. The maximum atomic E-state index is 11.0. The zero-order valence-corrected chi connectivity index (χ0v) is 16.5. The second kappa shape index (κ2) is 9.13. The number of allylic oxidation sites excluding steroid dienone is 1. The number of anilines is 1. The summed E-state index contributed by atoms with van der Waals surface area (Å²) in [4.78, 5) is 11.2. The number of benzene rings is 3. The number of aliphatic hydroxyl groups is 1. The molecule has 0 saturated heterocycles. The summed E-state index contributed by atoms with van der Waals surface area (Å²) in [5.74, 6) is 0. The minimum atomic E-state index is -1.09. The van der Waals surface area contributed by atoms with E-state index in [0.717, 1.165) is 4.90 Å². The fourth-order valence-corrected chi connectivity index (χ4v) is 3.71. The summed E-state index contributed by atoms with van der Waals surface area (Å²) >= 11 is 1.19. The van der Waals surface area contributed by atoms with Crippen LogP contribution >= 0.6 is 11.8 Å². The van der Waals surface area contributed by atoms with Crippen molar-refractivity contribution in [1.82, 2.24) is 0 Å². The molecule has 30 heavy (non-hydrogen) atoms. The van der Waals surface area contributed by atoms with E-state index in [1.807, 2.05) is 18.2 Å². The number of nitrogens with zero attached hydrogens (tertiary/aromatic N) is 2. The molecule has 150 valence electrons. The maximum absolute atomic E-state index is 11.0. The van der Waals surface area contributed by atoms with Gasteiger partial charge in [0.2, 0.25) is 0 Å². The van der Waals surface area contributed by atoms with Crippen molar-refractivity contribution in [3.8, 4) is 6.07 Å². The largest absolute Gasteiger partial charge is 0.398 e. The molecule has 0 amide bonds. The van der Waals surface area contributed by atoms with Crippen LogP contribution in [0.3, 0.4) is 0 Å². The molecule has 3 aromatic rings. The molecule has 3 aromatic carbocycles. The molecule has 0 spiro atoms. The molecule has 0 saturated carbocycles. The zero-order valence-electron chi connectivity index (χ0n) is 15.7. The molecule has 0 fully saturated rings. The highest BCUT2D eigenvalue weighted by Gasteiger charge is 2.16. The van der Waals surface area contributed by atoms with E-state index in [9.17, 15) is 20.5 Å². The van der Waals surface area contributed by atoms with Gasteiger partial charge in [0, 0.05) is 22.7 Å². The van der Waals surface area contributed by atoms with Gasteiger partial charge in [-0.3, -0.25) is 10.1 Å². The Morgan fingerprint density at radius 3 is 2.40 bits per heavy atom. The number of para-hydroxylation sites is 1. The molecule has 5 N–H and O–H groups in total. The van der Waals surface area contributed by atoms with Crippen LogP contribution < -0.4 is 11.5 Å². The van der Waals surface area contributed by atoms with Gasteiger partial charge in [-0.15, -0.1) is 0 Å². The second-order valence-electron chi connectivity index (χ2n) is 6.37. The highest BCUT2D eigenvalue weighted by atomic mass is 32.2. The molecule has 0 radical (unpaired) electrons. The number of rotatable bonds is 6. The first kappa shape index (κ1) is 20.9. The molecule has 0 heterocycles. The third-order valence-electron chi connectivity index (χ3n) is 4.38. The van der Waals surface area contributed by atoms with Crippen LogP contribution in [0.25, 0.3) is 5.57 Å². The van der Waals surface area contributed by atoms with Crippen LogP contribution in [0.4, 0.5) is 11.4 Å². The van der Waals surface area contributed by atoms with Crippen molar-refractivity contribution in [2.24, 2.45) is 5.73 Å². The van der Waals surface area contributed by atoms with E-state index in [2.05, 4.69) is 6.07 Å². The normalized spacial score (nSPS) is 12.5. The van der Waals surface area contributed by atoms with Gasteiger partial charge >= 0.3 is 0 Å². The third-order valence-corrected chi connectivity index (χ3v) is 5.40. The number of nitriles is 1. The average Bonchev–Trinajstić information content (AvgIpc) is 2.75. The Labute approximate surface area is 177 Å². The lowest BCUT2D eigenvalue weighted by molar-refractivity contribution is -0.385. The first-order chi connectivity index (χ1) is 14.4. The topological polar surface area (TPSA) is 139 Å². The summed E-state index contributed by atoms with van der Waals surface area (Å²) in [5, 5.41) is 31.7. The minimum absolute atomic E-state index is 0.110. The Hall–Kier alpha value is -3.80. The summed E-state index contributed by atoms with van der Waals surface area (Å²) in [5.41, 5.74) is 14.2. The van der Waals surface area contributed by atoms with Gasteiger partial charge in [-0.2, -0.15) is 5.26 Å². The van der Waals surface area contributed by atoms with E-state index in [-0.39, 0.29) is 16.3 Å². The Balaban J connectivity index is 1.95. The fraction of sp³-hybridized carbons (Fsp3) is 0.0455. The summed E-state index contributed by atoms with van der Waals surface area (Å²) in [6.07, 6.45) is -1.09. The van der Waals surface area contributed by atoms with Crippen molar-refractivity contribution in [3.63, 3.8) is 0 Å². The van der Waals surface area contributed by atoms with Crippen molar-refractivity contribution in [2.45, 2.75) is 11.0 Å². The highest BCUT2D eigenvalue weighted by molar-refractivity contribution is 8.03. The maximum Gasteiger partial charge on any atom is 0.269 e. The van der Waals surface area contributed by atoms with Gasteiger partial charge in [-0.05, 0) is 34.9 Å². The van der Waals surface area contributed by atoms with Crippen molar-refractivity contribution in [3.05, 3.63) is 105 Å². The summed E-state index contributed by atoms with van der Waals surface area (Å²) in [6.45, 7) is 0. The molecular formula is C22H18N4O3S. The minimum Gasteiger partial charge on any atom is -0.398 e. The van der Waals surface area contributed by atoms with Crippen molar-refractivity contribution >= 4 is 28.7 Å². The Morgan fingerprint density at radius 1 is 1.07 bits per heavy atom. The number of thioether (sulfide) groups is 1. The van der Waals surface area contributed by atoms with E-state index < -0.39 is 11.0 Å². The lowest BCUT2D eigenvalue weighted by atomic mass is 9.97. The highest BCUT2D eigenvalue weighted by Crippen LogP contribution is 2.34. The second-order valence-corrected chi connectivity index (χ2v) is 7.45. The number of nitro groups is 1. The van der Waals surface area contributed by atoms with Crippen LogP contribution in [0.1, 0.15) is 22.8 Å². The van der Waals surface area contributed by atoms with Crippen LogP contribution in [0.5, 0.6) is 0 Å². The van der Waals surface area contributed by atoms with E-state index in [1.54, 1.807) is 36.4 Å². The van der Waals surface area contributed by atoms with Gasteiger partial charge in [0.1, 0.15) is 12.2 Å². The van der Waals surface area contributed by atoms with E-state index in [1.165, 1.54) is 30.0 Å². The first-order valence-corrected chi connectivity index (χ1v) is 9.67. The molecule has 0 aromatic heterocycles. The number of nitrogens with two attached hydrogens (primary N) is 2. The van der Waals surface area contributed by atoms with Gasteiger partial charge in [0.15, 0.2) is 0 Å². The monoisotopic (exact) mass is 418 g/mol. The van der Waals surface area contributed by atoms with Gasteiger partial charge in [0.25, 0.3) is 5.69 Å².